The highest BCUT2D eigenvalue weighted by molar-refractivity contribution is 5.95. The summed E-state index contributed by atoms with van der Waals surface area (Å²) in [7, 11) is 1.63. The van der Waals surface area contributed by atoms with E-state index in [1.54, 1.807) is 7.11 Å². The van der Waals surface area contributed by atoms with Crippen molar-refractivity contribution in [1.82, 2.24) is 9.80 Å². The molecule has 3 atom stereocenters. The second-order valence-electron chi connectivity index (χ2n) is 9.80. The number of hydrogen-bond donors (Lipinski definition) is 0. The molecule has 2 amide bonds. The van der Waals surface area contributed by atoms with Crippen molar-refractivity contribution in [2.45, 2.75) is 69.9 Å². The number of hydrogen-bond acceptors (Lipinski definition) is 4. The van der Waals surface area contributed by atoms with Crippen molar-refractivity contribution < 1.29 is 19.1 Å². The molecule has 3 unspecified atom stereocenters. The summed E-state index contributed by atoms with van der Waals surface area (Å²) in [5.41, 5.74) is 0.613. The quantitative estimate of drug-likeness (QED) is 0.717. The highest BCUT2D eigenvalue weighted by Gasteiger charge is 2.43. The van der Waals surface area contributed by atoms with Gasteiger partial charge < -0.3 is 19.3 Å². The molecule has 0 N–H and O–H groups in total. The number of nitrogens with zero attached hydrogens (tertiary/aromatic N) is 2. The van der Waals surface area contributed by atoms with Gasteiger partial charge >= 0.3 is 0 Å². The normalized spacial score (nSPS) is 28.2. The van der Waals surface area contributed by atoms with Crippen LogP contribution in [0.5, 0.6) is 11.5 Å². The van der Waals surface area contributed by atoms with E-state index in [0.717, 1.165) is 38.6 Å². The third-order valence-corrected chi connectivity index (χ3v) is 7.76. The van der Waals surface area contributed by atoms with E-state index in [4.69, 9.17) is 9.47 Å². The average Bonchev–Trinajstić information content (AvgIpc) is 3.57. The van der Waals surface area contributed by atoms with Crippen molar-refractivity contribution >= 4 is 11.8 Å². The molecule has 1 aromatic rings. The number of carbonyl (C=O) groups excluding carboxylic acids is 2. The Morgan fingerprint density at radius 2 is 1.81 bits per heavy atom. The van der Waals surface area contributed by atoms with Crippen molar-refractivity contribution in [3.8, 4) is 11.5 Å². The lowest BCUT2D eigenvalue weighted by Crippen LogP contribution is -2.48. The monoisotopic (exact) mass is 426 g/mol. The summed E-state index contributed by atoms with van der Waals surface area (Å²) in [6.07, 6.45) is 10.0. The molecule has 4 aliphatic rings. The number of carbonyl (C=O) groups is 2. The Morgan fingerprint density at radius 3 is 2.52 bits per heavy atom. The van der Waals surface area contributed by atoms with E-state index in [2.05, 4.69) is 4.90 Å². The van der Waals surface area contributed by atoms with Gasteiger partial charge in [0.2, 0.25) is 5.91 Å². The van der Waals surface area contributed by atoms with Gasteiger partial charge in [0.25, 0.3) is 5.91 Å². The van der Waals surface area contributed by atoms with Crippen LogP contribution in [-0.2, 0) is 4.79 Å². The van der Waals surface area contributed by atoms with Crippen LogP contribution < -0.4 is 9.47 Å². The van der Waals surface area contributed by atoms with Gasteiger partial charge in [0.15, 0.2) is 11.5 Å². The fourth-order valence-corrected chi connectivity index (χ4v) is 6.06. The predicted octanol–water partition coefficient (Wildman–Crippen LogP) is 3.88. The van der Waals surface area contributed by atoms with Crippen LogP contribution in [0.15, 0.2) is 18.2 Å². The van der Waals surface area contributed by atoms with Crippen LogP contribution in [0, 0.1) is 11.8 Å². The molecule has 2 aliphatic carbocycles. The van der Waals surface area contributed by atoms with Crippen molar-refractivity contribution in [2.75, 3.05) is 26.7 Å². The molecule has 2 heterocycles. The maximum atomic E-state index is 13.3. The molecule has 2 bridgehead atoms. The average molecular weight is 427 g/mol. The van der Waals surface area contributed by atoms with E-state index in [0.29, 0.717) is 42.1 Å². The fraction of sp³-hybridized carbons (Fsp3) is 0.680. The molecular weight excluding hydrogens is 392 g/mol. The minimum absolute atomic E-state index is 0.0145. The van der Waals surface area contributed by atoms with Crippen LogP contribution in [0.25, 0.3) is 0 Å². The summed E-state index contributed by atoms with van der Waals surface area (Å²) < 4.78 is 11.6. The Labute approximate surface area is 184 Å². The topological polar surface area (TPSA) is 59.1 Å². The number of rotatable bonds is 5. The molecule has 2 saturated heterocycles. The summed E-state index contributed by atoms with van der Waals surface area (Å²) in [6, 6.07) is 5.91. The molecule has 2 saturated carbocycles. The van der Waals surface area contributed by atoms with Crippen LogP contribution in [0.1, 0.15) is 68.1 Å². The number of benzene rings is 1. The van der Waals surface area contributed by atoms with E-state index in [9.17, 15) is 9.59 Å². The molecule has 0 radical (unpaired) electrons. The zero-order valence-corrected chi connectivity index (χ0v) is 18.6. The van der Waals surface area contributed by atoms with Crippen molar-refractivity contribution in [1.29, 1.82) is 0 Å². The van der Waals surface area contributed by atoms with Crippen LogP contribution >= 0.6 is 0 Å². The number of likely N-dealkylation sites (tertiary alicyclic amines) is 2. The van der Waals surface area contributed by atoms with Gasteiger partial charge in [-0.05, 0) is 81.9 Å². The SMILES string of the molecule is COc1ccc(C(=O)N2CCCC(C(=O)N3CC4CCC3C4)C2)cc1OC1CCCC1. The van der Waals surface area contributed by atoms with Crippen LogP contribution in [-0.4, -0.2) is 60.5 Å². The van der Waals surface area contributed by atoms with Gasteiger partial charge in [-0.15, -0.1) is 0 Å². The molecule has 0 spiro atoms. The third kappa shape index (κ3) is 4.13. The van der Waals surface area contributed by atoms with Crippen LogP contribution in [0.2, 0.25) is 0 Å². The number of amides is 2. The minimum Gasteiger partial charge on any atom is -0.493 e. The largest absolute Gasteiger partial charge is 0.493 e. The highest BCUT2D eigenvalue weighted by atomic mass is 16.5. The van der Waals surface area contributed by atoms with Crippen molar-refractivity contribution in [3.05, 3.63) is 23.8 Å². The second-order valence-corrected chi connectivity index (χ2v) is 9.80. The van der Waals surface area contributed by atoms with Gasteiger partial charge in [-0.25, -0.2) is 0 Å². The Kier molecular flexibility index (Phi) is 5.81. The standard InChI is InChI=1S/C25H34N2O4/c1-30-22-11-9-18(14-23(22)31-21-6-2-3-7-21)24(28)26-12-4-5-19(16-26)25(29)27-15-17-8-10-20(27)13-17/h9,11,14,17,19-21H,2-8,10,12-13,15-16H2,1H3. The molecule has 4 fully saturated rings. The number of fused-ring (bicyclic) bond motifs is 2. The number of methoxy groups -OCH3 is 1. The third-order valence-electron chi connectivity index (χ3n) is 7.76. The Bertz CT molecular complexity index is 835. The second kappa shape index (κ2) is 8.71. The van der Waals surface area contributed by atoms with Crippen LogP contribution in [0.3, 0.4) is 0 Å². The van der Waals surface area contributed by atoms with E-state index in [-0.39, 0.29) is 23.8 Å². The molecule has 0 aromatic heterocycles. The lowest BCUT2D eigenvalue weighted by molar-refractivity contribution is -0.138. The summed E-state index contributed by atoms with van der Waals surface area (Å²) in [6.45, 7) is 2.16. The number of piperidine rings is 2. The van der Waals surface area contributed by atoms with Gasteiger partial charge in [-0.3, -0.25) is 9.59 Å². The van der Waals surface area contributed by atoms with Gasteiger partial charge in [0, 0.05) is 31.2 Å². The first-order valence-corrected chi connectivity index (χ1v) is 12.1. The molecular formula is C25H34N2O4. The first-order valence-electron chi connectivity index (χ1n) is 12.1. The highest BCUT2D eigenvalue weighted by Crippen LogP contribution is 2.39. The summed E-state index contributed by atoms with van der Waals surface area (Å²) >= 11 is 0. The van der Waals surface area contributed by atoms with Gasteiger partial charge in [-0.2, -0.15) is 0 Å². The maximum Gasteiger partial charge on any atom is 0.254 e. The van der Waals surface area contributed by atoms with E-state index >= 15 is 0 Å². The van der Waals surface area contributed by atoms with Crippen LogP contribution in [0.4, 0.5) is 0 Å². The molecule has 31 heavy (non-hydrogen) atoms. The zero-order chi connectivity index (χ0) is 21.4. The lowest BCUT2D eigenvalue weighted by atomic mass is 9.95. The fourth-order valence-electron chi connectivity index (χ4n) is 6.06. The summed E-state index contributed by atoms with van der Waals surface area (Å²) in [5.74, 6) is 2.21. The molecule has 168 valence electrons. The summed E-state index contributed by atoms with van der Waals surface area (Å²) in [4.78, 5) is 30.5. The lowest BCUT2D eigenvalue weighted by Gasteiger charge is -2.36. The molecule has 2 aliphatic heterocycles. The number of ether oxygens (including phenoxy) is 2. The summed E-state index contributed by atoms with van der Waals surface area (Å²) in [5, 5.41) is 0. The Balaban J connectivity index is 1.27. The maximum absolute atomic E-state index is 13.3. The molecule has 6 heteroatoms. The molecule has 1 aromatic carbocycles. The van der Waals surface area contributed by atoms with Gasteiger partial charge in [0.05, 0.1) is 19.1 Å². The Hall–Kier alpha value is -2.24. The molecule has 5 rings (SSSR count). The first-order chi connectivity index (χ1) is 15.1. The minimum atomic E-state index is -0.0653. The van der Waals surface area contributed by atoms with E-state index in [1.165, 1.54) is 25.7 Å². The van der Waals surface area contributed by atoms with E-state index in [1.807, 2.05) is 23.1 Å². The van der Waals surface area contributed by atoms with Gasteiger partial charge in [0.1, 0.15) is 0 Å². The van der Waals surface area contributed by atoms with Crippen molar-refractivity contribution in [3.63, 3.8) is 0 Å². The molecule has 6 nitrogen and oxygen atoms in total. The van der Waals surface area contributed by atoms with Gasteiger partial charge in [-0.1, -0.05) is 0 Å². The zero-order valence-electron chi connectivity index (χ0n) is 18.6. The van der Waals surface area contributed by atoms with E-state index < -0.39 is 0 Å². The smallest absolute Gasteiger partial charge is 0.254 e. The first kappa shape index (κ1) is 20.7. The Morgan fingerprint density at radius 1 is 0.968 bits per heavy atom. The predicted molar refractivity (Wildman–Crippen MR) is 117 cm³/mol. The van der Waals surface area contributed by atoms with Crippen molar-refractivity contribution in [2.24, 2.45) is 11.8 Å².